The normalized spacial score (nSPS) is 15.5. The fourth-order valence-electron chi connectivity index (χ4n) is 2.70. The predicted octanol–water partition coefficient (Wildman–Crippen LogP) is 4.14. The smallest absolute Gasteiger partial charge is 0.112 e. The van der Waals surface area contributed by atoms with Gasteiger partial charge in [-0.1, -0.05) is 24.8 Å². The van der Waals surface area contributed by atoms with E-state index in [1.807, 2.05) is 13.8 Å². The Balaban J connectivity index is 2.42. The molecule has 1 aromatic rings. The zero-order valence-corrected chi connectivity index (χ0v) is 13.5. The number of anilines is 1. The molecule has 0 radical (unpaired) electrons. The lowest BCUT2D eigenvalue weighted by molar-refractivity contribution is 0.579. The Morgan fingerprint density at radius 3 is 2.81 bits per heavy atom. The van der Waals surface area contributed by atoms with E-state index in [4.69, 9.17) is 5.26 Å². The van der Waals surface area contributed by atoms with Crippen LogP contribution in [0.2, 0.25) is 0 Å². The predicted molar refractivity (Wildman–Crippen MR) is 88.1 cm³/mol. The summed E-state index contributed by atoms with van der Waals surface area (Å²) in [6.07, 6.45) is 3.41. The third kappa shape index (κ3) is 3.40. The van der Waals surface area contributed by atoms with Gasteiger partial charge >= 0.3 is 0 Å². The monoisotopic (exact) mass is 280 g/mol. The van der Waals surface area contributed by atoms with Gasteiger partial charge in [-0.25, -0.2) is 0 Å². The molecule has 0 aliphatic carbocycles. The summed E-state index contributed by atoms with van der Waals surface area (Å²) >= 11 is 0. The van der Waals surface area contributed by atoms with E-state index in [-0.39, 0.29) is 0 Å². The average molecular weight is 280 g/mol. The molecule has 1 aromatic carbocycles. The van der Waals surface area contributed by atoms with Gasteiger partial charge in [0.05, 0.1) is 6.07 Å². The van der Waals surface area contributed by atoms with E-state index in [1.54, 1.807) is 0 Å². The minimum Gasteiger partial charge on any atom is -0.369 e. The van der Waals surface area contributed by atoms with Crippen molar-refractivity contribution < 1.29 is 0 Å². The van der Waals surface area contributed by atoms with Gasteiger partial charge in [0.1, 0.15) is 5.41 Å². The highest BCUT2D eigenvalue weighted by molar-refractivity contribution is 5.62. The van der Waals surface area contributed by atoms with Crippen LogP contribution in [0.3, 0.4) is 0 Å². The lowest BCUT2D eigenvalue weighted by atomic mass is 9.92. The van der Waals surface area contributed by atoms with Crippen molar-refractivity contribution >= 4 is 5.69 Å². The molecule has 1 unspecified atom stereocenters. The van der Waals surface area contributed by atoms with E-state index >= 15 is 0 Å². The van der Waals surface area contributed by atoms with Crippen LogP contribution in [0.5, 0.6) is 0 Å². The molecule has 0 N–H and O–H groups in total. The molecule has 0 spiro atoms. The standard InChI is InChI=1S/C19H24N2/c1-5-15(2)21-13-7-9-17-16(8-6-10-18(17)21)11-12-19(3,4)14-20/h6,8,10,15H,5,7,9,13H2,1-4H3. The molecular formula is C19H24N2. The van der Waals surface area contributed by atoms with E-state index in [1.165, 1.54) is 17.7 Å². The molecule has 0 saturated carbocycles. The molecule has 0 amide bonds. The Morgan fingerprint density at radius 1 is 1.38 bits per heavy atom. The molecule has 2 rings (SSSR count). The highest BCUT2D eigenvalue weighted by Crippen LogP contribution is 2.31. The maximum absolute atomic E-state index is 9.10. The Hall–Kier alpha value is -1.93. The molecule has 21 heavy (non-hydrogen) atoms. The summed E-state index contributed by atoms with van der Waals surface area (Å²) in [7, 11) is 0. The summed E-state index contributed by atoms with van der Waals surface area (Å²) in [4.78, 5) is 2.50. The minimum atomic E-state index is -0.589. The summed E-state index contributed by atoms with van der Waals surface area (Å²) in [5.41, 5.74) is 3.18. The maximum atomic E-state index is 9.10. The number of nitrogens with zero attached hydrogens (tertiary/aromatic N) is 2. The third-order valence-corrected chi connectivity index (χ3v) is 4.20. The molecule has 1 aliphatic heterocycles. The van der Waals surface area contributed by atoms with E-state index < -0.39 is 5.41 Å². The zero-order valence-electron chi connectivity index (χ0n) is 13.5. The summed E-state index contributed by atoms with van der Waals surface area (Å²) in [5.74, 6) is 6.35. The van der Waals surface area contributed by atoms with Crippen molar-refractivity contribution in [3.05, 3.63) is 29.3 Å². The van der Waals surface area contributed by atoms with Gasteiger partial charge in [0.15, 0.2) is 0 Å². The van der Waals surface area contributed by atoms with Crippen LogP contribution in [0.15, 0.2) is 18.2 Å². The van der Waals surface area contributed by atoms with Gasteiger partial charge in [-0.2, -0.15) is 5.26 Å². The number of benzene rings is 1. The number of hydrogen-bond donors (Lipinski definition) is 0. The number of hydrogen-bond acceptors (Lipinski definition) is 2. The van der Waals surface area contributed by atoms with Gasteiger partial charge in [0.2, 0.25) is 0 Å². The third-order valence-electron chi connectivity index (χ3n) is 4.20. The summed E-state index contributed by atoms with van der Waals surface area (Å²) in [6, 6.07) is 9.18. The van der Waals surface area contributed by atoms with E-state index in [2.05, 4.69) is 54.9 Å². The van der Waals surface area contributed by atoms with Crippen molar-refractivity contribution in [2.24, 2.45) is 5.41 Å². The average Bonchev–Trinajstić information content (AvgIpc) is 2.51. The quantitative estimate of drug-likeness (QED) is 0.761. The van der Waals surface area contributed by atoms with E-state index in [0.29, 0.717) is 6.04 Å². The molecular weight excluding hydrogens is 256 g/mol. The Bertz CT molecular complexity index is 611. The van der Waals surface area contributed by atoms with Crippen molar-refractivity contribution in [3.63, 3.8) is 0 Å². The van der Waals surface area contributed by atoms with Crippen molar-refractivity contribution in [3.8, 4) is 17.9 Å². The van der Waals surface area contributed by atoms with Crippen molar-refractivity contribution in [2.75, 3.05) is 11.4 Å². The SMILES string of the molecule is CCC(C)N1CCCc2c(C#CC(C)(C)C#N)cccc21. The summed E-state index contributed by atoms with van der Waals surface area (Å²) < 4.78 is 0. The Morgan fingerprint density at radius 2 is 2.14 bits per heavy atom. The minimum absolute atomic E-state index is 0.558. The van der Waals surface area contributed by atoms with E-state index in [9.17, 15) is 0 Å². The highest BCUT2D eigenvalue weighted by Gasteiger charge is 2.22. The first-order chi connectivity index (χ1) is 9.98. The van der Waals surface area contributed by atoms with Gasteiger partial charge in [-0.15, -0.1) is 0 Å². The molecule has 0 bridgehead atoms. The van der Waals surface area contributed by atoms with Crippen LogP contribution in [-0.4, -0.2) is 12.6 Å². The van der Waals surface area contributed by atoms with Crippen LogP contribution in [0, 0.1) is 28.6 Å². The van der Waals surface area contributed by atoms with Crippen molar-refractivity contribution in [1.29, 1.82) is 5.26 Å². The second-order valence-electron chi connectivity index (χ2n) is 6.34. The fourth-order valence-corrected chi connectivity index (χ4v) is 2.70. The zero-order chi connectivity index (χ0) is 15.5. The van der Waals surface area contributed by atoms with Crippen molar-refractivity contribution in [2.45, 2.75) is 53.0 Å². The fraction of sp³-hybridized carbons (Fsp3) is 0.526. The van der Waals surface area contributed by atoms with Crippen LogP contribution < -0.4 is 4.90 Å². The van der Waals surface area contributed by atoms with Gasteiger partial charge < -0.3 is 4.90 Å². The second kappa shape index (κ2) is 6.23. The molecule has 1 aliphatic rings. The molecule has 2 heteroatoms. The molecule has 1 atom stereocenters. The van der Waals surface area contributed by atoms with Gasteiger partial charge in [0.25, 0.3) is 0 Å². The van der Waals surface area contributed by atoms with Crippen LogP contribution in [0.1, 0.15) is 51.7 Å². The van der Waals surface area contributed by atoms with Gasteiger partial charge in [-0.3, -0.25) is 0 Å². The van der Waals surface area contributed by atoms with E-state index in [0.717, 1.165) is 24.9 Å². The highest BCUT2D eigenvalue weighted by atomic mass is 15.2. The first kappa shape index (κ1) is 15.5. The lowest BCUT2D eigenvalue weighted by Crippen LogP contribution is -2.37. The number of fused-ring (bicyclic) bond motifs is 1. The Labute approximate surface area is 128 Å². The van der Waals surface area contributed by atoms with Crippen LogP contribution in [0.4, 0.5) is 5.69 Å². The molecule has 0 fully saturated rings. The second-order valence-corrected chi connectivity index (χ2v) is 6.34. The Kier molecular flexibility index (Phi) is 4.59. The maximum Gasteiger partial charge on any atom is 0.112 e. The molecule has 0 aromatic heterocycles. The molecule has 0 saturated heterocycles. The van der Waals surface area contributed by atoms with Crippen LogP contribution in [-0.2, 0) is 6.42 Å². The summed E-state index contributed by atoms with van der Waals surface area (Å²) in [5, 5.41) is 9.10. The topological polar surface area (TPSA) is 27.0 Å². The first-order valence-electron chi connectivity index (χ1n) is 7.81. The van der Waals surface area contributed by atoms with Gasteiger partial charge in [-0.05, 0) is 57.7 Å². The largest absolute Gasteiger partial charge is 0.369 e. The van der Waals surface area contributed by atoms with Gasteiger partial charge in [0, 0.05) is 23.8 Å². The first-order valence-corrected chi connectivity index (χ1v) is 7.81. The number of rotatable bonds is 2. The van der Waals surface area contributed by atoms with Crippen molar-refractivity contribution in [1.82, 2.24) is 0 Å². The lowest BCUT2D eigenvalue weighted by Gasteiger charge is -2.36. The molecule has 110 valence electrons. The molecule has 1 heterocycles. The van der Waals surface area contributed by atoms with Crippen LogP contribution >= 0.6 is 0 Å². The van der Waals surface area contributed by atoms with Crippen LogP contribution in [0.25, 0.3) is 0 Å². The molecule has 2 nitrogen and oxygen atoms in total. The number of nitriles is 1. The summed E-state index contributed by atoms with van der Waals surface area (Å²) in [6.45, 7) is 9.37.